The first kappa shape index (κ1) is 12.9. The number of hydrogen-bond donors (Lipinski definition) is 1. The molecule has 1 atom stereocenters. The van der Waals surface area contributed by atoms with Crippen LogP contribution in [0.3, 0.4) is 0 Å². The van der Waals surface area contributed by atoms with Crippen molar-refractivity contribution in [3.05, 3.63) is 0 Å². The third-order valence-corrected chi connectivity index (χ3v) is 5.82. The fourth-order valence-corrected chi connectivity index (χ4v) is 3.12. The maximum Gasteiger partial charge on any atom is 0.220 e. The second-order valence-electron chi connectivity index (χ2n) is 4.41. The van der Waals surface area contributed by atoms with Crippen molar-refractivity contribution in [2.45, 2.75) is 31.6 Å². The lowest BCUT2D eigenvalue weighted by Gasteiger charge is -2.36. The highest BCUT2D eigenvalue weighted by Gasteiger charge is 2.42. The Balaban J connectivity index is 2.90. The molecule has 90 valence electrons. The molecule has 6 heteroatoms. The average Bonchev–Trinajstić information content (AvgIpc) is 2.18. The van der Waals surface area contributed by atoms with E-state index in [1.165, 1.54) is 4.31 Å². The van der Waals surface area contributed by atoms with Crippen molar-refractivity contribution in [3.8, 4) is 0 Å². The van der Waals surface area contributed by atoms with Crippen LogP contribution in [0.5, 0.6) is 0 Å². The lowest BCUT2D eigenvalue weighted by atomic mass is 10.1. The second kappa shape index (κ2) is 4.37. The molecular formula is C9H20N2O3S. The smallest absolute Gasteiger partial charge is 0.220 e. The molecule has 0 saturated carbocycles. The van der Waals surface area contributed by atoms with Gasteiger partial charge in [0, 0.05) is 19.1 Å². The van der Waals surface area contributed by atoms with Gasteiger partial charge in [0.1, 0.15) is 0 Å². The fraction of sp³-hybridized carbons (Fsp3) is 1.00. The summed E-state index contributed by atoms with van der Waals surface area (Å²) in [4.78, 5) is 0. The normalized spacial score (nSPS) is 22.7. The van der Waals surface area contributed by atoms with Gasteiger partial charge in [-0.3, -0.25) is 0 Å². The van der Waals surface area contributed by atoms with Crippen LogP contribution in [0.2, 0.25) is 0 Å². The Labute approximate surface area is 91.6 Å². The Morgan fingerprint density at radius 3 is 2.20 bits per heavy atom. The average molecular weight is 236 g/mol. The topological polar surface area (TPSA) is 72.6 Å². The van der Waals surface area contributed by atoms with Crippen molar-refractivity contribution >= 4 is 10.0 Å². The van der Waals surface area contributed by atoms with Crippen LogP contribution in [0, 0.1) is 0 Å². The van der Waals surface area contributed by atoms with E-state index < -0.39 is 20.8 Å². The van der Waals surface area contributed by atoms with E-state index in [-0.39, 0.29) is 0 Å². The van der Waals surface area contributed by atoms with Crippen LogP contribution in [-0.2, 0) is 14.8 Å². The maximum absolute atomic E-state index is 12.2. The van der Waals surface area contributed by atoms with Crippen LogP contribution in [0.25, 0.3) is 0 Å². The summed E-state index contributed by atoms with van der Waals surface area (Å²) >= 11 is 0. The van der Waals surface area contributed by atoms with E-state index in [4.69, 9.17) is 10.5 Å². The summed E-state index contributed by atoms with van der Waals surface area (Å²) in [5.74, 6) is 0. The predicted octanol–water partition coefficient (Wildman–Crippen LogP) is -0.226. The van der Waals surface area contributed by atoms with Gasteiger partial charge in [-0.25, -0.2) is 8.42 Å². The van der Waals surface area contributed by atoms with Crippen LogP contribution in [0.4, 0.5) is 0 Å². The van der Waals surface area contributed by atoms with E-state index in [1.807, 2.05) is 0 Å². The van der Waals surface area contributed by atoms with Crippen LogP contribution in [0.1, 0.15) is 20.8 Å². The zero-order chi connectivity index (χ0) is 11.7. The molecule has 1 rings (SSSR count). The van der Waals surface area contributed by atoms with Crippen LogP contribution < -0.4 is 5.73 Å². The summed E-state index contributed by atoms with van der Waals surface area (Å²) in [7, 11) is -3.33. The van der Waals surface area contributed by atoms with E-state index in [9.17, 15) is 8.42 Å². The molecule has 1 unspecified atom stereocenters. The van der Waals surface area contributed by atoms with Gasteiger partial charge in [0.25, 0.3) is 0 Å². The summed E-state index contributed by atoms with van der Waals surface area (Å²) in [6.45, 7) is 6.85. The van der Waals surface area contributed by atoms with Gasteiger partial charge in [-0.15, -0.1) is 0 Å². The van der Waals surface area contributed by atoms with Gasteiger partial charge in [-0.2, -0.15) is 4.31 Å². The standard InChI is InChI=1S/C9H20N2O3S/c1-8(10)9(2,3)15(12,13)11-4-6-14-7-5-11/h8H,4-7,10H2,1-3H3. The second-order valence-corrected chi connectivity index (χ2v) is 6.93. The van der Waals surface area contributed by atoms with Crippen LogP contribution >= 0.6 is 0 Å². The van der Waals surface area contributed by atoms with Gasteiger partial charge in [0.05, 0.1) is 18.0 Å². The van der Waals surface area contributed by atoms with Gasteiger partial charge >= 0.3 is 0 Å². The summed E-state index contributed by atoms with van der Waals surface area (Å²) in [5, 5.41) is 0. The molecule has 2 N–H and O–H groups in total. The first-order valence-electron chi connectivity index (χ1n) is 5.13. The SMILES string of the molecule is CC(N)C(C)(C)S(=O)(=O)N1CCOCC1. The minimum absolute atomic E-state index is 0.398. The van der Waals surface area contributed by atoms with Crippen molar-refractivity contribution in [1.82, 2.24) is 4.31 Å². The molecule has 1 aliphatic rings. The molecule has 1 saturated heterocycles. The Morgan fingerprint density at radius 1 is 1.33 bits per heavy atom. The monoisotopic (exact) mass is 236 g/mol. The molecule has 0 aromatic rings. The first-order chi connectivity index (χ1) is 6.80. The quantitative estimate of drug-likeness (QED) is 0.735. The van der Waals surface area contributed by atoms with Crippen LogP contribution in [-0.4, -0.2) is 49.8 Å². The fourth-order valence-electron chi connectivity index (χ4n) is 1.35. The zero-order valence-electron chi connectivity index (χ0n) is 9.56. The number of nitrogens with two attached hydrogens (primary N) is 1. The van der Waals surface area contributed by atoms with Gasteiger partial charge in [-0.1, -0.05) is 0 Å². The van der Waals surface area contributed by atoms with E-state index in [2.05, 4.69) is 0 Å². The molecule has 1 heterocycles. The number of sulfonamides is 1. The number of ether oxygens (including phenoxy) is 1. The number of morpholine rings is 1. The molecule has 0 amide bonds. The van der Waals surface area contributed by atoms with Crippen molar-refractivity contribution in [1.29, 1.82) is 0 Å². The Morgan fingerprint density at radius 2 is 1.80 bits per heavy atom. The third kappa shape index (κ3) is 2.33. The van der Waals surface area contributed by atoms with E-state index >= 15 is 0 Å². The molecule has 0 bridgehead atoms. The van der Waals surface area contributed by atoms with Gasteiger partial charge < -0.3 is 10.5 Å². The number of hydrogen-bond acceptors (Lipinski definition) is 4. The van der Waals surface area contributed by atoms with Crippen molar-refractivity contribution < 1.29 is 13.2 Å². The minimum Gasteiger partial charge on any atom is -0.379 e. The van der Waals surface area contributed by atoms with Crippen LogP contribution in [0.15, 0.2) is 0 Å². The largest absolute Gasteiger partial charge is 0.379 e. The van der Waals surface area contributed by atoms with Gasteiger partial charge in [-0.05, 0) is 20.8 Å². The van der Waals surface area contributed by atoms with Crippen molar-refractivity contribution in [3.63, 3.8) is 0 Å². The molecule has 15 heavy (non-hydrogen) atoms. The summed E-state index contributed by atoms with van der Waals surface area (Å²) in [6.07, 6.45) is 0. The van der Waals surface area contributed by atoms with Gasteiger partial charge in [0.2, 0.25) is 10.0 Å². The highest BCUT2D eigenvalue weighted by atomic mass is 32.2. The molecule has 5 nitrogen and oxygen atoms in total. The zero-order valence-corrected chi connectivity index (χ0v) is 10.4. The minimum atomic E-state index is -3.33. The van der Waals surface area contributed by atoms with Crippen molar-refractivity contribution in [2.24, 2.45) is 5.73 Å². The molecule has 0 aromatic heterocycles. The molecule has 1 aliphatic heterocycles. The number of rotatable bonds is 3. The Hall–Kier alpha value is -0.170. The summed E-state index contributed by atoms with van der Waals surface area (Å²) in [5.41, 5.74) is 5.73. The molecule has 0 aromatic carbocycles. The highest BCUT2D eigenvalue weighted by molar-refractivity contribution is 7.90. The highest BCUT2D eigenvalue weighted by Crippen LogP contribution is 2.24. The molecule has 0 spiro atoms. The van der Waals surface area contributed by atoms with E-state index in [0.717, 1.165) is 0 Å². The summed E-state index contributed by atoms with van der Waals surface area (Å²) < 4.78 is 30.2. The van der Waals surface area contributed by atoms with E-state index in [1.54, 1.807) is 20.8 Å². The lowest BCUT2D eigenvalue weighted by Crippen LogP contribution is -2.55. The predicted molar refractivity (Wildman–Crippen MR) is 59.0 cm³/mol. The Bertz CT molecular complexity index is 305. The third-order valence-electron chi connectivity index (χ3n) is 3.07. The first-order valence-corrected chi connectivity index (χ1v) is 6.57. The Kier molecular flexibility index (Phi) is 3.76. The summed E-state index contributed by atoms with van der Waals surface area (Å²) in [6, 6.07) is -0.398. The lowest BCUT2D eigenvalue weighted by molar-refractivity contribution is 0.0718. The van der Waals surface area contributed by atoms with Gasteiger partial charge in [0.15, 0.2) is 0 Å². The molecule has 1 fully saturated rings. The van der Waals surface area contributed by atoms with Crippen molar-refractivity contribution in [2.75, 3.05) is 26.3 Å². The number of nitrogens with zero attached hydrogens (tertiary/aromatic N) is 1. The van der Waals surface area contributed by atoms with E-state index in [0.29, 0.717) is 26.3 Å². The molecule has 0 radical (unpaired) electrons. The molecular weight excluding hydrogens is 216 g/mol. The molecule has 0 aliphatic carbocycles. The maximum atomic E-state index is 12.2.